The van der Waals surface area contributed by atoms with E-state index in [0.29, 0.717) is 11.3 Å². The van der Waals surface area contributed by atoms with Crippen molar-refractivity contribution in [2.24, 2.45) is 0 Å². The molecule has 0 saturated heterocycles. The van der Waals surface area contributed by atoms with Gasteiger partial charge in [-0.2, -0.15) is 5.10 Å². The van der Waals surface area contributed by atoms with Gasteiger partial charge in [0.05, 0.1) is 18.8 Å². The summed E-state index contributed by atoms with van der Waals surface area (Å²) in [5, 5.41) is 7.24. The number of carbonyl (C=O) groups excluding carboxylic acids is 1. The Morgan fingerprint density at radius 1 is 1.18 bits per heavy atom. The molecule has 1 amide bonds. The number of H-pyrrole nitrogens is 1. The number of nitrogens with one attached hydrogen (secondary N) is 1. The fourth-order valence-corrected chi connectivity index (χ4v) is 3.46. The molecule has 0 aliphatic heterocycles. The number of nitrogens with zero attached hydrogens (tertiary/aromatic N) is 3. The van der Waals surface area contributed by atoms with E-state index >= 15 is 0 Å². The van der Waals surface area contributed by atoms with Crippen molar-refractivity contribution in [1.29, 1.82) is 0 Å². The lowest BCUT2D eigenvalue weighted by atomic mass is 10.0. The number of benzene rings is 1. The van der Waals surface area contributed by atoms with Gasteiger partial charge in [-0.3, -0.25) is 9.89 Å². The first kappa shape index (κ1) is 19.6. The van der Waals surface area contributed by atoms with Crippen LogP contribution in [-0.4, -0.2) is 40.1 Å². The van der Waals surface area contributed by atoms with E-state index in [-0.39, 0.29) is 11.9 Å². The summed E-state index contributed by atoms with van der Waals surface area (Å²) < 4.78 is 5.45. The van der Waals surface area contributed by atoms with E-state index in [4.69, 9.17) is 4.74 Å². The van der Waals surface area contributed by atoms with Gasteiger partial charge < -0.3 is 9.64 Å². The van der Waals surface area contributed by atoms with E-state index in [9.17, 15) is 4.79 Å². The second-order valence-corrected chi connectivity index (χ2v) is 7.02. The van der Waals surface area contributed by atoms with Gasteiger partial charge in [0, 0.05) is 35.1 Å². The van der Waals surface area contributed by atoms with E-state index in [1.807, 2.05) is 71.1 Å². The third-order valence-electron chi connectivity index (χ3n) is 5.10. The fraction of sp³-hybridized carbons (Fsp3) is 0.318. The van der Waals surface area contributed by atoms with Crippen LogP contribution >= 0.6 is 0 Å². The third kappa shape index (κ3) is 3.63. The second-order valence-electron chi connectivity index (χ2n) is 7.02. The third-order valence-corrected chi connectivity index (χ3v) is 5.10. The zero-order valence-corrected chi connectivity index (χ0v) is 17.2. The molecular weight excluding hydrogens is 352 g/mol. The molecule has 0 aliphatic carbocycles. The van der Waals surface area contributed by atoms with Crippen LogP contribution in [0.1, 0.15) is 46.0 Å². The Labute approximate surface area is 165 Å². The number of amides is 1. The number of aryl methyl sites for hydroxylation is 3. The molecule has 6 heteroatoms. The molecule has 0 unspecified atom stereocenters. The van der Waals surface area contributed by atoms with E-state index in [0.717, 1.165) is 33.9 Å². The van der Waals surface area contributed by atoms with Crippen molar-refractivity contribution < 1.29 is 9.53 Å². The summed E-state index contributed by atoms with van der Waals surface area (Å²) in [6.07, 6.45) is 0. The van der Waals surface area contributed by atoms with Crippen molar-refractivity contribution in [3.8, 4) is 17.0 Å². The highest BCUT2D eigenvalue weighted by molar-refractivity contribution is 5.95. The van der Waals surface area contributed by atoms with Crippen LogP contribution in [0.25, 0.3) is 11.3 Å². The highest BCUT2D eigenvalue weighted by atomic mass is 16.5. The van der Waals surface area contributed by atoms with Crippen molar-refractivity contribution in [3.63, 3.8) is 0 Å². The van der Waals surface area contributed by atoms with Crippen LogP contribution in [0.4, 0.5) is 0 Å². The van der Waals surface area contributed by atoms with Crippen LogP contribution in [0.5, 0.6) is 5.75 Å². The molecule has 0 bridgehead atoms. The van der Waals surface area contributed by atoms with Gasteiger partial charge in [-0.25, -0.2) is 4.98 Å². The first-order valence-electron chi connectivity index (χ1n) is 9.24. The molecule has 2 aromatic heterocycles. The summed E-state index contributed by atoms with van der Waals surface area (Å²) in [5.41, 5.74) is 6.02. The Kier molecular flexibility index (Phi) is 5.49. The average Bonchev–Trinajstić information content (AvgIpc) is 3.04. The fourth-order valence-electron chi connectivity index (χ4n) is 3.46. The van der Waals surface area contributed by atoms with Gasteiger partial charge in [-0.05, 0) is 52.0 Å². The van der Waals surface area contributed by atoms with Crippen LogP contribution in [0.2, 0.25) is 0 Å². The maximum Gasteiger partial charge on any atom is 0.254 e. The van der Waals surface area contributed by atoms with Crippen LogP contribution in [-0.2, 0) is 0 Å². The minimum atomic E-state index is -0.0958. The van der Waals surface area contributed by atoms with Gasteiger partial charge in [-0.1, -0.05) is 12.1 Å². The number of aromatic amines is 1. The Morgan fingerprint density at radius 3 is 2.57 bits per heavy atom. The lowest BCUT2D eigenvalue weighted by Crippen LogP contribution is -2.30. The zero-order valence-electron chi connectivity index (χ0n) is 17.2. The Hall–Kier alpha value is -3.15. The normalized spacial score (nSPS) is 11.9. The molecule has 0 spiro atoms. The summed E-state index contributed by atoms with van der Waals surface area (Å²) in [4.78, 5) is 19.5. The number of pyridine rings is 1. The Bertz CT molecular complexity index is 990. The molecule has 3 rings (SSSR count). The van der Waals surface area contributed by atoms with Gasteiger partial charge in [0.1, 0.15) is 11.4 Å². The second kappa shape index (κ2) is 7.84. The zero-order chi connectivity index (χ0) is 20.4. The van der Waals surface area contributed by atoms with Gasteiger partial charge in [-0.15, -0.1) is 0 Å². The highest BCUT2D eigenvalue weighted by Gasteiger charge is 2.23. The molecule has 146 valence electrons. The molecular formula is C22H26N4O2. The first-order valence-corrected chi connectivity index (χ1v) is 9.24. The van der Waals surface area contributed by atoms with E-state index in [1.54, 1.807) is 12.0 Å². The molecule has 6 nitrogen and oxygen atoms in total. The van der Waals surface area contributed by atoms with Crippen LogP contribution < -0.4 is 4.74 Å². The number of rotatable bonds is 5. The minimum absolute atomic E-state index is 0.0547. The molecule has 0 radical (unpaired) electrons. The molecule has 3 aromatic rings. The highest BCUT2D eigenvalue weighted by Crippen LogP contribution is 2.30. The van der Waals surface area contributed by atoms with Gasteiger partial charge in [0.25, 0.3) is 5.91 Å². The molecule has 0 fully saturated rings. The lowest BCUT2D eigenvalue weighted by Gasteiger charge is -2.26. The van der Waals surface area contributed by atoms with Gasteiger partial charge in [0.15, 0.2) is 0 Å². The average molecular weight is 378 g/mol. The van der Waals surface area contributed by atoms with Crippen LogP contribution in [0.3, 0.4) is 0 Å². The predicted molar refractivity (Wildman–Crippen MR) is 110 cm³/mol. The van der Waals surface area contributed by atoms with Crippen molar-refractivity contribution in [1.82, 2.24) is 20.1 Å². The quantitative estimate of drug-likeness (QED) is 0.721. The monoisotopic (exact) mass is 378 g/mol. The van der Waals surface area contributed by atoms with E-state index in [2.05, 4.69) is 15.2 Å². The molecule has 1 aromatic carbocycles. The summed E-state index contributed by atoms with van der Waals surface area (Å²) in [6.45, 7) is 7.87. The number of aromatic nitrogens is 3. The predicted octanol–water partition coefficient (Wildman–Crippen LogP) is 4.24. The summed E-state index contributed by atoms with van der Waals surface area (Å²) in [5.74, 6) is 0.627. The number of methoxy groups -OCH3 is 1. The lowest BCUT2D eigenvalue weighted by molar-refractivity contribution is 0.0742. The largest absolute Gasteiger partial charge is 0.494 e. The maximum atomic E-state index is 13.2. The van der Waals surface area contributed by atoms with Crippen LogP contribution in [0.15, 0.2) is 36.4 Å². The molecule has 0 aliphatic rings. The molecule has 0 saturated carbocycles. The van der Waals surface area contributed by atoms with Gasteiger partial charge >= 0.3 is 0 Å². The Morgan fingerprint density at radius 2 is 1.93 bits per heavy atom. The first-order chi connectivity index (χ1) is 13.3. The molecule has 2 heterocycles. The molecule has 28 heavy (non-hydrogen) atoms. The van der Waals surface area contributed by atoms with Crippen molar-refractivity contribution in [2.45, 2.75) is 33.7 Å². The Balaban J connectivity index is 1.94. The molecule has 1 N–H and O–H groups in total. The van der Waals surface area contributed by atoms with Crippen molar-refractivity contribution in [2.75, 3.05) is 14.2 Å². The number of hydrogen-bond acceptors (Lipinski definition) is 4. The number of hydrogen-bond donors (Lipinski definition) is 1. The maximum absolute atomic E-state index is 13.2. The SMILES string of the molecule is COc1ccc(C)nc1-c1cccc(C(=O)N(C)[C@H](C)c2c(C)n[nH]c2C)c1. The van der Waals surface area contributed by atoms with Crippen LogP contribution in [0, 0.1) is 20.8 Å². The minimum Gasteiger partial charge on any atom is -0.494 e. The topological polar surface area (TPSA) is 71.1 Å². The number of ether oxygens (including phenoxy) is 1. The van der Waals surface area contributed by atoms with Gasteiger partial charge in [0.2, 0.25) is 0 Å². The van der Waals surface area contributed by atoms with Crippen molar-refractivity contribution in [3.05, 3.63) is 64.6 Å². The van der Waals surface area contributed by atoms with E-state index in [1.165, 1.54) is 0 Å². The van der Waals surface area contributed by atoms with Crippen molar-refractivity contribution >= 4 is 5.91 Å². The standard InChI is InChI=1S/C22H26N4O2/c1-13-10-11-19(28-6)21(23-13)17-8-7-9-18(12-17)22(27)26(5)16(4)20-14(2)24-25-15(20)3/h7-12,16H,1-6H3,(H,24,25)/t16-/m1/s1. The smallest absolute Gasteiger partial charge is 0.254 e. The number of carbonyl (C=O) groups is 1. The molecule has 1 atom stereocenters. The summed E-state index contributed by atoms with van der Waals surface area (Å²) >= 11 is 0. The summed E-state index contributed by atoms with van der Waals surface area (Å²) in [7, 11) is 3.44. The van der Waals surface area contributed by atoms with E-state index < -0.39 is 0 Å². The summed E-state index contributed by atoms with van der Waals surface area (Å²) in [6, 6.07) is 11.2.